The van der Waals surface area contributed by atoms with Crippen LogP contribution < -0.4 is 0 Å². The van der Waals surface area contributed by atoms with Crippen molar-refractivity contribution in [3.63, 3.8) is 0 Å². The minimum Gasteiger partial charge on any atom is -0.356 e. The van der Waals surface area contributed by atoms with Gasteiger partial charge in [-0.1, -0.05) is 0 Å². The monoisotopic (exact) mass is 400 g/mol. The molecule has 144 valence electrons. The maximum Gasteiger partial charge on any atom is 0.340 e. The van der Waals surface area contributed by atoms with Crippen LogP contribution >= 0.6 is 0 Å². The third-order valence-electron chi connectivity index (χ3n) is 5.00. The van der Waals surface area contributed by atoms with Crippen LogP contribution in [0.1, 0.15) is 0 Å². The number of carbonyl (C=O) groups excluding carboxylic acids is 1. The Bertz CT molecular complexity index is 622. The third kappa shape index (κ3) is 0.962. The van der Waals surface area contributed by atoms with Gasteiger partial charge in [-0.15, -0.1) is 0 Å². The number of hydrogen-bond donors (Lipinski definition) is 1. The summed E-state index contributed by atoms with van der Waals surface area (Å²) in [7, 11) is 0. The first-order valence-corrected chi connectivity index (χ1v) is 5.88. The standard InChI is InChI=1S/C10HF13O2/c11-2-1(24)3(12)8(19,20)4(13,6(2,15)16)9(21,22)5(14,7(2,17)18)10(3,23)25/h25H. The van der Waals surface area contributed by atoms with Gasteiger partial charge in [0.1, 0.15) is 0 Å². The Morgan fingerprint density at radius 1 is 0.520 bits per heavy atom. The largest absolute Gasteiger partial charge is 0.356 e. The van der Waals surface area contributed by atoms with Gasteiger partial charge < -0.3 is 5.11 Å². The molecule has 4 bridgehead atoms. The minimum absolute atomic E-state index is 4.51. The lowest BCUT2D eigenvalue weighted by molar-refractivity contribution is -0.552. The molecule has 5 unspecified atom stereocenters. The summed E-state index contributed by atoms with van der Waals surface area (Å²) >= 11 is 0. The zero-order valence-electron chi connectivity index (χ0n) is 10.8. The van der Waals surface area contributed by atoms with Crippen LogP contribution in [-0.4, -0.2) is 63.1 Å². The average molecular weight is 400 g/mol. The first-order chi connectivity index (χ1) is 10.7. The number of Topliss-reactive ketones (excluding diaryl/α,β-unsaturated/α-hetero) is 1. The number of ketones is 1. The predicted octanol–water partition coefficient (Wildman–Crippen LogP) is 2.63. The molecule has 0 heterocycles. The van der Waals surface area contributed by atoms with E-state index in [2.05, 4.69) is 0 Å². The molecule has 5 atom stereocenters. The Morgan fingerprint density at radius 2 is 0.840 bits per heavy atom. The molecular formula is C10HF13O2. The van der Waals surface area contributed by atoms with Crippen LogP contribution in [0.2, 0.25) is 0 Å². The third-order valence-corrected chi connectivity index (χ3v) is 5.00. The van der Waals surface area contributed by atoms with Crippen LogP contribution in [0.5, 0.6) is 0 Å². The minimum atomic E-state index is -7.59. The molecule has 1 N–H and O–H groups in total. The van der Waals surface area contributed by atoms with Crippen LogP contribution in [0.4, 0.5) is 57.1 Å². The Labute approximate surface area is 126 Å². The average Bonchev–Trinajstić information content (AvgIpc) is 2.45. The van der Waals surface area contributed by atoms with Crippen LogP contribution in [0, 0.1) is 0 Å². The van der Waals surface area contributed by atoms with Gasteiger partial charge in [-0.2, -0.15) is 35.1 Å². The van der Waals surface area contributed by atoms with Crippen molar-refractivity contribution in [2.45, 2.75) is 52.2 Å². The van der Waals surface area contributed by atoms with Gasteiger partial charge >= 0.3 is 46.6 Å². The van der Waals surface area contributed by atoms with Gasteiger partial charge in [0.15, 0.2) is 0 Å². The number of carbonyl (C=O) groups is 1. The summed E-state index contributed by atoms with van der Waals surface area (Å²) < 4.78 is 180. The first kappa shape index (κ1) is 18.5. The van der Waals surface area contributed by atoms with E-state index in [1.807, 2.05) is 0 Å². The Morgan fingerprint density at radius 3 is 1.24 bits per heavy atom. The van der Waals surface area contributed by atoms with E-state index in [4.69, 9.17) is 5.11 Å². The van der Waals surface area contributed by atoms with E-state index in [0.717, 1.165) is 0 Å². The van der Waals surface area contributed by atoms with Crippen molar-refractivity contribution < 1.29 is 67.0 Å². The molecule has 4 saturated carbocycles. The van der Waals surface area contributed by atoms with Gasteiger partial charge in [-0.3, -0.25) is 4.79 Å². The topological polar surface area (TPSA) is 37.3 Å². The molecule has 0 aromatic carbocycles. The van der Waals surface area contributed by atoms with Crippen molar-refractivity contribution in [2.75, 3.05) is 0 Å². The van der Waals surface area contributed by atoms with Crippen LogP contribution in [-0.2, 0) is 4.79 Å². The van der Waals surface area contributed by atoms with Crippen molar-refractivity contribution in [3.8, 4) is 0 Å². The number of aliphatic hydroxyl groups is 1. The molecule has 4 aliphatic rings. The van der Waals surface area contributed by atoms with E-state index in [1.165, 1.54) is 0 Å². The molecule has 0 aromatic heterocycles. The summed E-state index contributed by atoms with van der Waals surface area (Å²) in [5.74, 6) is -41.2. The fourth-order valence-electron chi connectivity index (χ4n) is 3.61. The van der Waals surface area contributed by atoms with Gasteiger partial charge in [0.2, 0.25) is 5.78 Å². The number of hydrogen-bond acceptors (Lipinski definition) is 2. The van der Waals surface area contributed by atoms with Gasteiger partial charge in [0.05, 0.1) is 0 Å². The Kier molecular flexibility index (Phi) is 2.56. The van der Waals surface area contributed by atoms with Crippen molar-refractivity contribution >= 4 is 5.78 Å². The number of rotatable bonds is 0. The predicted molar refractivity (Wildman–Crippen MR) is 46.2 cm³/mol. The summed E-state index contributed by atoms with van der Waals surface area (Å²) in [6.07, 6.45) is 0. The molecule has 2 nitrogen and oxygen atoms in total. The van der Waals surface area contributed by atoms with E-state index >= 15 is 0 Å². The number of alkyl halides is 13. The molecule has 4 aliphatic carbocycles. The lowest BCUT2D eigenvalue weighted by Gasteiger charge is -2.70. The summed E-state index contributed by atoms with van der Waals surface area (Å²) in [5, 5.41) is 8.73. The van der Waals surface area contributed by atoms with E-state index in [0.29, 0.717) is 0 Å². The molecule has 0 spiro atoms. The molecule has 0 saturated heterocycles. The molecule has 4 fully saturated rings. The lowest BCUT2D eigenvalue weighted by Crippen LogP contribution is -3.07. The van der Waals surface area contributed by atoms with E-state index in [-0.39, 0.29) is 0 Å². The lowest BCUT2D eigenvalue weighted by atomic mass is 9.41. The van der Waals surface area contributed by atoms with Crippen LogP contribution in [0.3, 0.4) is 0 Å². The zero-order chi connectivity index (χ0) is 20.1. The van der Waals surface area contributed by atoms with Crippen molar-refractivity contribution in [2.24, 2.45) is 0 Å². The number of halogens is 13. The second-order valence-corrected chi connectivity index (χ2v) is 5.88. The van der Waals surface area contributed by atoms with Crippen molar-refractivity contribution in [1.29, 1.82) is 0 Å². The molecule has 0 radical (unpaired) electrons. The van der Waals surface area contributed by atoms with Gasteiger partial charge in [0, 0.05) is 0 Å². The summed E-state index contributed by atoms with van der Waals surface area (Å²) in [4.78, 5) is 11.2. The maximum atomic E-state index is 14.2. The molecule has 25 heavy (non-hydrogen) atoms. The van der Waals surface area contributed by atoms with Crippen molar-refractivity contribution in [3.05, 3.63) is 0 Å². The van der Waals surface area contributed by atoms with Crippen LogP contribution in [0.15, 0.2) is 0 Å². The SMILES string of the molecule is O=C1C2(F)C(O)(F)C3(F)C(F)(F)C1(F)C(F)(F)C(F)(C2(F)F)C3(F)F. The zero-order valence-corrected chi connectivity index (χ0v) is 10.8. The second kappa shape index (κ2) is 3.45. The highest BCUT2D eigenvalue weighted by atomic mass is 19.3. The van der Waals surface area contributed by atoms with Crippen LogP contribution in [0.25, 0.3) is 0 Å². The maximum absolute atomic E-state index is 14.2. The van der Waals surface area contributed by atoms with E-state index in [9.17, 15) is 61.9 Å². The fraction of sp³-hybridized carbons (Fsp3) is 0.900. The molecule has 0 aliphatic heterocycles. The molecular weight excluding hydrogens is 399 g/mol. The first-order valence-electron chi connectivity index (χ1n) is 5.88. The van der Waals surface area contributed by atoms with Gasteiger partial charge in [0.25, 0.3) is 5.67 Å². The van der Waals surface area contributed by atoms with E-state index < -0.39 is 58.0 Å². The summed E-state index contributed by atoms with van der Waals surface area (Å²) in [6.45, 7) is 0. The van der Waals surface area contributed by atoms with E-state index in [1.54, 1.807) is 0 Å². The molecule has 4 rings (SSSR count). The second-order valence-electron chi connectivity index (χ2n) is 5.88. The molecule has 0 aromatic rings. The summed E-state index contributed by atoms with van der Waals surface area (Å²) in [5.41, 5.74) is -28.6. The highest BCUT2D eigenvalue weighted by molar-refractivity contribution is 6.04. The Balaban J connectivity index is 2.67. The Hall–Kier alpha value is -1.28. The van der Waals surface area contributed by atoms with Gasteiger partial charge in [-0.25, -0.2) is 22.0 Å². The highest BCUT2D eigenvalue weighted by Gasteiger charge is 3.19. The summed E-state index contributed by atoms with van der Waals surface area (Å²) in [6, 6.07) is 0. The molecule has 15 heteroatoms. The quantitative estimate of drug-likeness (QED) is 0.636. The highest BCUT2D eigenvalue weighted by Crippen LogP contribution is 2.84. The fourth-order valence-corrected chi connectivity index (χ4v) is 3.61. The molecule has 0 amide bonds. The van der Waals surface area contributed by atoms with Gasteiger partial charge in [-0.05, 0) is 0 Å². The van der Waals surface area contributed by atoms with Crippen molar-refractivity contribution in [1.82, 2.24) is 0 Å². The normalized spacial score (nSPS) is 57.0. The smallest absolute Gasteiger partial charge is 0.340 e.